The van der Waals surface area contributed by atoms with E-state index in [1.165, 1.54) is 48.5 Å². The Hall–Kier alpha value is -4.14. The molecule has 0 radical (unpaired) electrons. The molecule has 55 heavy (non-hydrogen) atoms. The zero-order valence-corrected chi connectivity index (χ0v) is 33.5. The molecule has 11 atom stereocenters. The summed E-state index contributed by atoms with van der Waals surface area (Å²) >= 11 is 0. The average molecular weight is 797 g/mol. The predicted octanol–water partition coefficient (Wildman–Crippen LogP) is 2.90. The van der Waals surface area contributed by atoms with Crippen LogP contribution in [0.25, 0.3) is 0 Å². The van der Waals surface area contributed by atoms with Crippen LogP contribution in [0.2, 0.25) is 0 Å². The molecule has 0 spiro atoms. The Morgan fingerprint density at radius 1 is 0.473 bits per heavy atom. The first-order valence-electron chi connectivity index (χ1n) is 18.2. The maximum Gasteiger partial charge on any atom is 0.303 e. The molecule has 2 saturated heterocycles. The fraction of sp³-hybridized carbons (Fsp3) is 0.658. The second kappa shape index (κ2) is 21.8. The summed E-state index contributed by atoms with van der Waals surface area (Å²) in [6.07, 6.45) is -4.70. The quantitative estimate of drug-likeness (QED) is 0.126. The van der Waals surface area contributed by atoms with Gasteiger partial charge in [0.05, 0.1) is 17.9 Å². The van der Waals surface area contributed by atoms with E-state index in [1.807, 2.05) is 24.3 Å². The Kier molecular flexibility index (Phi) is 18.0. The number of carbonyl (C=O) groups excluding carboxylic acids is 7. The molecule has 17 heteroatoms. The number of hydrogen-bond acceptors (Lipinski definition) is 16. The molecule has 2 aliphatic rings. The molecule has 0 bridgehead atoms. The largest absolute Gasteiger partial charge is 0.463 e. The van der Waals surface area contributed by atoms with Gasteiger partial charge in [-0.1, -0.05) is 24.3 Å². The zero-order valence-electron chi connectivity index (χ0n) is 32.3. The van der Waals surface area contributed by atoms with E-state index in [-0.39, 0.29) is 13.2 Å². The summed E-state index contributed by atoms with van der Waals surface area (Å²) < 4.78 is 50.4. The van der Waals surface area contributed by atoms with E-state index in [9.17, 15) is 33.6 Å². The van der Waals surface area contributed by atoms with Crippen molar-refractivity contribution in [3.05, 3.63) is 35.4 Å². The van der Waals surface area contributed by atoms with Gasteiger partial charge in [-0.15, -0.1) is 9.24 Å². The lowest BCUT2D eigenvalue weighted by Gasteiger charge is -2.44. The van der Waals surface area contributed by atoms with Crippen molar-refractivity contribution in [2.24, 2.45) is 0 Å². The van der Waals surface area contributed by atoms with Crippen LogP contribution >= 0.6 is 9.24 Å². The third-order valence-corrected chi connectivity index (χ3v) is 9.67. The Labute approximate surface area is 323 Å². The smallest absolute Gasteiger partial charge is 0.303 e. The van der Waals surface area contributed by atoms with Crippen LogP contribution in [-0.2, 0) is 89.0 Å². The molecule has 16 nitrogen and oxygen atoms in total. The second-order valence-electron chi connectivity index (χ2n) is 13.6. The van der Waals surface area contributed by atoms with Crippen LogP contribution < -0.4 is 0 Å². The van der Waals surface area contributed by atoms with Crippen molar-refractivity contribution in [3.63, 3.8) is 0 Å². The molecule has 0 aromatic heterocycles. The number of esters is 7. The van der Waals surface area contributed by atoms with Gasteiger partial charge in [0, 0.05) is 48.5 Å². The number of carbonyl (C=O) groups is 7. The summed E-state index contributed by atoms with van der Waals surface area (Å²) in [4.78, 5) is 83.2. The molecule has 1 aromatic rings. The lowest BCUT2D eigenvalue weighted by atomic mass is 9.91. The van der Waals surface area contributed by atoms with Gasteiger partial charge in [-0.3, -0.25) is 33.6 Å². The summed E-state index contributed by atoms with van der Waals surface area (Å²) in [6.45, 7) is 8.20. The van der Waals surface area contributed by atoms with Crippen molar-refractivity contribution in [1.82, 2.24) is 0 Å². The standard InChI is InChI=1S/C38H53O16P/c1-20(39)46-18-31-34(49-23(4)42)37(52-26(7)45)33(48-22(3)41)29(53-31)12-8-10-27-14-16-28(17-15-27)11-9-13-30-35(50-24(5)43)38(55)36(51-25(6)44)32(54-30)19-47-21(2)40/h14-17,29-38H,8-13,18-19,55H2,1-7H3/t29-,30-,31-,32-,33?,34-,35-,36-,37-,38-/m1/s1. The highest BCUT2D eigenvalue weighted by molar-refractivity contribution is 7.17. The van der Waals surface area contributed by atoms with Gasteiger partial charge in [0.2, 0.25) is 0 Å². The summed E-state index contributed by atoms with van der Waals surface area (Å²) in [7, 11) is 2.58. The van der Waals surface area contributed by atoms with E-state index >= 15 is 0 Å². The third kappa shape index (κ3) is 14.8. The van der Waals surface area contributed by atoms with Crippen LogP contribution in [0.1, 0.15) is 85.3 Å². The Bertz CT molecular complexity index is 1500. The summed E-state index contributed by atoms with van der Waals surface area (Å²) in [5.74, 6) is -4.17. The number of rotatable bonds is 17. The molecule has 0 saturated carbocycles. The Morgan fingerprint density at radius 3 is 1.16 bits per heavy atom. The van der Waals surface area contributed by atoms with E-state index in [4.69, 9.17) is 42.6 Å². The molecule has 2 unspecified atom stereocenters. The van der Waals surface area contributed by atoms with Crippen molar-refractivity contribution < 1.29 is 76.2 Å². The van der Waals surface area contributed by atoms with Crippen molar-refractivity contribution in [2.75, 3.05) is 13.2 Å². The predicted molar refractivity (Wildman–Crippen MR) is 194 cm³/mol. The van der Waals surface area contributed by atoms with Gasteiger partial charge in [0.15, 0.2) is 18.3 Å². The topological polar surface area (TPSA) is 203 Å². The monoisotopic (exact) mass is 796 g/mol. The minimum atomic E-state index is -1.20. The lowest BCUT2D eigenvalue weighted by molar-refractivity contribution is -0.253. The van der Waals surface area contributed by atoms with Crippen molar-refractivity contribution >= 4 is 51.0 Å². The number of aryl methyl sites for hydroxylation is 2. The molecule has 3 rings (SSSR count). The molecule has 0 amide bonds. The first-order chi connectivity index (χ1) is 25.9. The lowest BCUT2D eigenvalue weighted by Crippen LogP contribution is -2.62. The van der Waals surface area contributed by atoms with Gasteiger partial charge in [-0.25, -0.2) is 0 Å². The summed E-state index contributed by atoms with van der Waals surface area (Å²) in [5, 5.41) is 0. The van der Waals surface area contributed by atoms with E-state index < -0.39 is 102 Å². The third-order valence-electron chi connectivity index (χ3n) is 8.91. The van der Waals surface area contributed by atoms with Gasteiger partial charge in [0.25, 0.3) is 0 Å². The Morgan fingerprint density at radius 2 is 0.782 bits per heavy atom. The fourth-order valence-corrected chi connectivity index (χ4v) is 7.41. The molecule has 1 aromatic carbocycles. The van der Waals surface area contributed by atoms with E-state index in [0.29, 0.717) is 38.5 Å². The molecule has 2 fully saturated rings. The summed E-state index contributed by atoms with van der Waals surface area (Å²) in [5.41, 5.74) is 1.58. The highest BCUT2D eigenvalue weighted by atomic mass is 31.0. The summed E-state index contributed by atoms with van der Waals surface area (Å²) in [6, 6.07) is 8.01. The van der Waals surface area contributed by atoms with E-state index in [2.05, 4.69) is 9.24 Å². The minimum Gasteiger partial charge on any atom is -0.463 e. The van der Waals surface area contributed by atoms with Gasteiger partial charge in [0.1, 0.15) is 37.6 Å². The van der Waals surface area contributed by atoms with Crippen LogP contribution in [0, 0.1) is 0 Å². The highest BCUT2D eigenvalue weighted by Crippen LogP contribution is 2.34. The molecule has 2 heterocycles. The normalized spacial score (nSPS) is 27.5. The van der Waals surface area contributed by atoms with Crippen molar-refractivity contribution in [3.8, 4) is 0 Å². The van der Waals surface area contributed by atoms with Crippen molar-refractivity contribution in [1.29, 1.82) is 0 Å². The van der Waals surface area contributed by atoms with Crippen LogP contribution in [0.4, 0.5) is 0 Å². The minimum absolute atomic E-state index is 0.128. The van der Waals surface area contributed by atoms with Crippen molar-refractivity contribution in [2.45, 2.75) is 148 Å². The van der Waals surface area contributed by atoms with Gasteiger partial charge in [-0.05, 0) is 49.7 Å². The van der Waals surface area contributed by atoms with Crippen LogP contribution in [0.5, 0.6) is 0 Å². The van der Waals surface area contributed by atoms with Crippen LogP contribution in [-0.4, -0.2) is 116 Å². The van der Waals surface area contributed by atoms with E-state index in [0.717, 1.165) is 11.1 Å². The van der Waals surface area contributed by atoms with Gasteiger partial charge in [-0.2, -0.15) is 0 Å². The molecular formula is C38H53O16P. The molecule has 2 aliphatic heterocycles. The number of benzene rings is 1. The first kappa shape index (κ1) is 45.3. The highest BCUT2D eigenvalue weighted by Gasteiger charge is 2.52. The number of hydrogen-bond donors (Lipinski definition) is 0. The zero-order chi connectivity index (χ0) is 40.8. The second-order valence-corrected chi connectivity index (χ2v) is 14.3. The van der Waals surface area contributed by atoms with Crippen LogP contribution in [0.15, 0.2) is 24.3 Å². The maximum atomic E-state index is 12.1. The first-order valence-corrected chi connectivity index (χ1v) is 18.9. The van der Waals surface area contributed by atoms with Gasteiger partial charge >= 0.3 is 41.8 Å². The fourth-order valence-electron chi connectivity index (χ4n) is 6.76. The molecule has 0 aliphatic carbocycles. The Balaban J connectivity index is 1.65. The maximum absolute atomic E-state index is 12.1. The van der Waals surface area contributed by atoms with E-state index in [1.54, 1.807) is 0 Å². The molecule has 0 N–H and O–H groups in total. The molecule has 306 valence electrons. The average Bonchev–Trinajstić information content (AvgIpc) is 3.08. The number of ether oxygens (including phenoxy) is 9. The molecular weight excluding hydrogens is 743 g/mol. The van der Waals surface area contributed by atoms with Crippen LogP contribution in [0.3, 0.4) is 0 Å². The SMILES string of the molecule is CC(=O)OC[C@H]1O[C@H](CCCc2ccc(CCC[C@H]3O[C@H](COC(C)=O)[C@@H](OC(C)=O)[C@H](OC(C)=O)C3OC(C)=O)cc2)[C@@H](OC(C)=O)[C@@H](P)[C@@H]1OC(C)=O. The van der Waals surface area contributed by atoms with Gasteiger partial charge < -0.3 is 42.6 Å².